The molecule has 2 aromatic carbocycles. The van der Waals surface area contributed by atoms with Crippen molar-refractivity contribution in [2.75, 3.05) is 0 Å². The lowest BCUT2D eigenvalue weighted by Crippen LogP contribution is -2.26. The Kier molecular flexibility index (Phi) is 5.04. The second-order valence-corrected chi connectivity index (χ2v) is 6.60. The maximum atomic E-state index is 12.9. The minimum atomic E-state index is -0.111. The molecule has 0 amide bonds. The molecule has 2 heterocycles. The average Bonchev–Trinajstić information content (AvgIpc) is 3.17. The number of rotatable bonds is 5. The molecule has 0 N–H and O–H groups in total. The van der Waals surface area contributed by atoms with Gasteiger partial charge in [0.2, 0.25) is 0 Å². The number of hydrogen-bond acceptors (Lipinski definition) is 5. The van der Waals surface area contributed by atoms with E-state index in [2.05, 4.69) is 15.1 Å². The van der Waals surface area contributed by atoms with Gasteiger partial charge in [-0.15, -0.1) is 0 Å². The number of benzene rings is 2. The summed E-state index contributed by atoms with van der Waals surface area (Å²) in [6, 6.07) is 14.8. The van der Waals surface area contributed by atoms with Crippen molar-refractivity contribution in [3.63, 3.8) is 0 Å². The van der Waals surface area contributed by atoms with Crippen LogP contribution in [0.15, 0.2) is 57.8 Å². The fourth-order valence-corrected chi connectivity index (χ4v) is 3.16. The van der Waals surface area contributed by atoms with E-state index in [9.17, 15) is 4.79 Å². The zero-order valence-corrected chi connectivity index (χ0v) is 15.9. The van der Waals surface area contributed by atoms with Crippen molar-refractivity contribution in [1.29, 1.82) is 0 Å². The lowest BCUT2D eigenvalue weighted by atomic mass is 10.2. The summed E-state index contributed by atoms with van der Waals surface area (Å²) in [7, 11) is 0. The van der Waals surface area contributed by atoms with Gasteiger partial charge in [-0.25, -0.2) is 4.98 Å². The lowest BCUT2D eigenvalue weighted by Gasteiger charge is -2.10. The number of aryl methyl sites for hydroxylation is 1. The minimum absolute atomic E-state index is 0.111. The fourth-order valence-electron chi connectivity index (χ4n) is 2.96. The van der Waals surface area contributed by atoms with Crippen LogP contribution in [-0.4, -0.2) is 19.7 Å². The van der Waals surface area contributed by atoms with E-state index in [0.717, 1.165) is 5.56 Å². The van der Waals surface area contributed by atoms with Crippen molar-refractivity contribution >= 4 is 34.7 Å². The standard InChI is InChI=1S/C21H17ClN4O2/c1-2-19-23-17-10-6-4-8-15(17)21(27)26(19)13-18-24-20(28-25-18)12-11-14-7-3-5-9-16(14)22/h3-12H,2,13H2,1H3/b12-11+. The molecule has 0 aliphatic heterocycles. The van der Waals surface area contributed by atoms with Gasteiger partial charge in [0.05, 0.1) is 17.4 Å². The summed E-state index contributed by atoms with van der Waals surface area (Å²) in [5, 5.41) is 5.20. The van der Waals surface area contributed by atoms with Crippen LogP contribution < -0.4 is 5.56 Å². The van der Waals surface area contributed by atoms with Gasteiger partial charge in [-0.2, -0.15) is 4.98 Å². The van der Waals surface area contributed by atoms with Crippen LogP contribution in [0.3, 0.4) is 0 Å². The largest absolute Gasteiger partial charge is 0.335 e. The Labute approximate surface area is 166 Å². The highest BCUT2D eigenvalue weighted by Gasteiger charge is 2.13. The molecule has 7 heteroatoms. The van der Waals surface area contributed by atoms with Gasteiger partial charge < -0.3 is 4.52 Å². The molecular formula is C21H17ClN4O2. The summed E-state index contributed by atoms with van der Waals surface area (Å²) in [6.07, 6.45) is 4.12. The highest BCUT2D eigenvalue weighted by atomic mass is 35.5. The molecule has 0 spiro atoms. The molecule has 28 heavy (non-hydrogen) atoms. The number of aromatic nitrogens is 4. The summed E-state index contributed by atoms with van der Waals surface area (Å²) >= 11 is 6.14. The number of hydrogen-bond donors (Lipinski definition) is 0. The second-order valence-electron chi connectivity index (χ2n) is 6.19. The average molecular weight is 393 g/mol. The van der Waals surface area contributed by atoms with Crippen LogP contribution >= 0.6 is 11.6 Å². The molecule has 0 radical (unpaired) electrons. The summed E-state index contributed by atoms with van der Waals surface area (Å²) in [6.45, 7) is 2.16. The third-order valence-electron chi connectivity index (χ3n) is 4.35. The number of nitrogens with zero attached hydrogens (tertiary/aromatic N) is 4. The minimum Gasteiger partial charge on any atom is -0.335 e. The molecule has 0 fully saturated rings. The number of fused-ring (bicyclic) bond motifs is 1. The Morgan fingerprint density at radius 3 is 2.68 bits per heavy atom. The summed E-state index contributed by atoms with van der Waals surface area (Å²) < 4.78 is 6.86. The van der Waals surface area contributed by atoms with E-state index < -0.39 is 0 Å². The summed E-state index contributed by atoms with van der Waals surface area (Å²) in [5.41, 5.74) is 1.43. The lowest BCUT2D eigenvalue weighted by molar-refractivity contribution is 0.400. The van der Waals surface area contributed by atoms with Crippen molar-refractivity contribution in [2.24, 2.45) is 0 Å². The first kappa shape index (κ1) is 18.1. The van der Waals surface area contributed by atoms with E-state index in [-0.39, 0.29) is 12.1 Å². The molecule has 4 aromatic rings. The monoisotopic (exact) mass is 392 g/mol. The normalized spacial score (nSPS) is 11.5. The van der Waals surface area contributed by atoms with Crippen LogP contribution in [0.5, 0.6) is 0 Å². The van der Waals surface area contributed by atoms with Gasteiger partial charge in [-0.1, -0.05) is 54.0 Å². The third kappa shape index (κ3) is 3.59. The van der Waals surface area contributed by atoms with Gasteiger partial charge in [0, 0.05) is 17.5 Å². The van der Waals surface area contributed by atoms with Gasteiger partial charge in [-0.05, 0) is 29.8 Å². The third-order valence-corrected chi connectivity index (χ3v) is 4.70. The van der Waals surface area contributed by atoms with Gasteiger partial charge >= 0.3 is 0 Å². The smallest absolute Gasteiger partial charge is 0.261 e. The van der Waals surface area contributed by atoms with E-state index in [1.165, 1.54) is 0 Å². The van der Waals surface area contributed by atoms with E-state index in [1.807, 2.05) is 49.4 Å². The predicted molar refractivity (Wildman–Crippen MR) is 109 cm³/mol. The van der Waals surface area contributed by atoms with E-state index >= 15 is 0 Å². The van der Waals surface area contributed by atoms with E-state index in [4.69, 9.17) is 16.1 Å². The first-order valence-corrected chi connectivity index (χ1v) is 9.27. The van der Waals surface area contributed by atoms with Crippen molar-refractivity contribution in [3.8, 4) is 0 Å². The Bertz CT molecular complexity index is 1230. The van der Waals surface area contributed by atoms with E-state index in [0.29, 0.717) is 39.9 Å². The molecule has 140 valence electrons. The quantitative estimate of drug-likeness (QED) is 0.508. The molecule has 0 unspecified atom stereocenters. The van der Waals surface area contributed by atoms with Crippen molar-refractivity contribution in [2.45, 2.75) is 19.9 Å². The van der Waals surface area contributed by atoms with Gasteiger partial charge in [0.1, 0.15) is 5.82 Å². The molecular weight excluding hydrogens is 376 g/mol. The Balaban J connectivity index is 1.63. The van der Waals surface area contributed by atoms with Crippen LogP contribution in [-0.2, 0) is 13.0 Å². The van der Waals surface area contributed by atoms with Crippen molar-refractivity contribution in [1.82, 2.24) is 19.7 Å². The molecule has 4 rings (SSSR count). The summed E-state index contributed by atoms with van der Waals surface area (Å²) in [4.78, 5) is 21.8. The van der Waals surface area contributed by atoms with Crippen LogP contribution in [0, 0.1) is 0 Å². The SMILES string of the molecule is CCc1nc2ccccc2c(=O)n1Cc1noc(/C=C/c2ccccc2Cl)n1. The highest BCUT2D eigenvalue weighted by Crippen LogP contribution is 2.17. The molecule has 0 bridgehead atoms. The van der Waals surface area contributed by atoms with E-state index in [1.54, 1.807) is 22.8 Å². The maximum Gasteiger partial charge on any atom is 0.261 e. The van der Waals surface area contributed by atoms with Crippen LogP contribution in [0.25, 0.3) is 23.1 Å². The highest BCUT2D eigenvalue weighted by molar-refractivity contribution is 6.32. The molecule has 0 aliphatic carbocycles. The number of para-hydroxylation sites is 1. The van der Waals surface area contributed by atoms with Gasteiger partial charge in [-0.3, -0.25) is 9.36 Å². The molecule has 0 saturated carbocycles. The van der Waals surface area contributed by atoms with Crippen molar-refractivity contribution in [3.05, 3.63) is 87.0 Å². The van der Waals surface area contributed by atoms with Crippen molar-refractivity contribution < 1.29 is 4.52 Å². The van der Waals surface area contributed by atoms with Gasteiger partial charge in [0.15, 0.2) is 5.82 Å². The second kappa shape index (κ2) is 7.78. The number of halogens is 1. The Morgan fingerprint density at radius 1 is 1.07 bits per heavy atom. The Morgan fingerprint density at radius 2 is 1.86 bits per heavy atom. The first-order valence-electron chi connectivity index (χ1n) is 8.89. The predicted octanol–water partition coefficient (Wildman–Crippen LogP) is 4.21. The zero-order valence-electron chi connectivity index (χ0n) is 15.2. The summed E-state index contributed by atoms with van der Waals surface area (Å²) in [5.74, 6) is 1.43. The topological polar surface area (TPSA) is 73.8 Å². The molecule has 6 nitrogen and oxygen atoms in total. The maximum absolute atomic E-state index is 12.9. The zero-order chi connectivity index (χ0) is 19.5. The molecule has 2 aromatic heterocycles. The van der Waals surface area contributed by atoms with Crippen LogP contribution in [0.2, 0.25) is 5.02 Å². The Hall–Kier alpha value is -3.25. The molecule has 0 aliphatic rings. The van der Waals surface area contributed by atoms with Crippen LogP contribution in [0.1, 0.15) is 30.0 Å². The first-order chi connectivity index (χ1) is 13.7. The van der Waals surface area contributed by atoms with Crippen LogP contribution in [0.4, 0.5) is 0 Å². The molecule has 0 atom stereocenters. The fraction of sp³-hybridized carbons (Fsp3) is 0.143. The van der Waals surface area contributed by atoms with Gasteiger partial charge in [0.25, 0.3) is 11.4 Å². The molecule has 0 saturated heterocycles.